The molecule has 0 atom stereocenters. The highest BCUT2D eigenvalue weighted by Crippen LogP contribution is 2.24. The zero-order valence-corrected chi connectivity index (χ0v) is 14.6. The Morgan fingerprint density at radius 3 is 2.38 bits per heavy atom. The lowest BCUT2D eigenvalue weighted by Gasteiger charge is -2.32. The van der Waals surface area contributed by atoms with Crippen molar-refractivity contribution in [2.24, 2.45) is 0 Å². The van der Waals surface area contributed by atoms with Gasteiger partial charge in [-0.1, -0.05) is 30.3 Å². The molecular weight excluding hydrogens is 329 g/mol. The molecule has 2 heterocycles. The van der Waals surface area contributed by atoms with E-state index in [0.717, 1.165) is 43.7 Å². The maximum Gasteiger partial charge on any atom is 0.326 e. The van der Waals surface area contributed by atoms with Crippen LogP contribution in [0.5, 0.6) is 0 Å². The van der Waals surface area contributed by atoms with Gasteiger partial charge in [-0.3, -0.25) is 9.47 Å². The Hall–Kier alpha value is -2.66. The van der Waals surface area contributed by atoms with Crippen molar-refractivity contribution in [3.8, 4) is 11.3 Å². The van der Waals surface area contributed by atoms with Crippen LogP contribution in [0.4, 0.5) is 4.39 Å². The molecule has 26 heavy (non-hydrogen) atoms. The van der Waals surface area contributed by atoms with Crippen LogP contribution in [-0.2, 0) is 6.54 Å². The molecule has 1 fully saturated rings. The van der Waals surface area contributed by atoms with Gasteiger partial charge >= 0.3 is 5.69 Å². The minimum atomic E-state index is -0.277. The van der Waals surface area contributed by atoms with Crippen molar-refractivity contribution in [2.75, 3.05) is 13.1 Å². The monoisotopic (exact) mass is 351 g/mol. The summed E-state index contributed by atoms with van der Waals surface area (Å²) in [6.07, 6.45) is 3.77. The standard InChI is InChI=1S/C21H22FN3O/c22-18-8-6-17(7-9-18)20-15-25(21(26)23-20)19-10-12-24(13-11-19)14-16-4-2-1-3-5-16/h1-9,15,19H,10-14H2,(H,23,26). The van der Waals surface area contributed by atoms with Crippen LogP contribution in [0, 0.1) is 5.82 Å². The summed E-state index contributed by atoms with van der Waals surface area (Å²) in [6.45, 7) is 2.91. The van der Waals surface area contributed by atoms with Gasteiger partial charge in [0.25, 0.3) is 0 Å². The second-order valence-electron chi connectivity index (χ2n) is 6.88. The number of halogens is 1. The molecule has 3 aromatic rings. The van der Waals surface area contributed by atoms with Crippen molar-refractivity contribution in [1.29, 1.82) is 0 Å². The number of hydrogen-bond acceptors (Lipinski definition) is 2. The van der Waals surface area contributed by atoms with Gasteiger partial charge < -0.3 is 4.98 Å². The minimum absolute atomic E-state index is 0.0918. The molecule has 4 rings (SSSR count). The second kappa shape index (κ2) is 7.30. The first kappa shape index (κ1) is 16.8. The molecule has 0 spiro atoms. The second-order valence-corrected chi connectivity index (χ2v) is 6.88. The molecule has 1 aliphatic heterocycles. The number of rotatable bonds is 4. The third-order valence-electron chi connectivity index (χ3n) is 5.10. The van der Waals surface area contributed by atoms with E-state index in [9.17, 15) is 9.18 Å². The number of aromatic amines is 1. The van der Waals surface area contributed by atoms with Gasteiger partial charge in [-0.25, -0.2) is 9.18 Å². The molecule has 0 unspecified atom stereocenters. The maximum atomic E-state index is 13.1. The van der Waals surface area contributed by atoms with Gasteiger partial charge in [-0.05, 0) is 48.2 Å². The highest BCUT2D eigenvalue weighted by atomic mass is 19.1. The fourth-order valence-corrected chi connectivity index (χ4v) is 3.65. The van der Waals surface area contributed by atoms with E-state index in [1.807, 2.05) is 12.3 Å². The van der Waals surface area contributed by atoms with Gasteiger partial charge in [0.05, 0.1) is 5.69 Å². The SMILES string of the molecule is O=c1[nH]c(-c2ccc(F)cc2)cn1C1CCN(Cc2ccccc2)CC1. The fourth-order valence-electron chi connectivity index (χ4n) is 3.65. The average Bonchev–Trinajstić information content (AvgIpc) is 3.05. The molecule has 1 aromatic heterocycles. The van der Waals surface area contributed by atoms with Gasteiger partial charge in [0.1, 0.15) is 5.82 Å². The lowest BCUT2D eigenvalue weighted by Crippen LogP contribution is -2.36. The number of piperidine rings is 1. The Labute approximate surface area is 151 Å². The first-order valence-electron chi connectivity index (χ1n) is 9.02. The Morgan fingerprint density at radius 2 is 1.69 bits per heavy atom. The van der Waals surface area contributed by atoms with Crippen LogP contribution in [0.15, 0.2) is 65.6 Å². The van der Waals surface area contributed by atoms with Crippen LogP contribution in [0.1, 0.15) is 24.4 Å². The number of likely N-dealkylation sites (tertiary alicyclic amines) is 1. The van der Waals surface area contributed by atoms with E-state index >= 15 is 0 Å². The summed E-state index contributed by atoms with van der Waals surface area (Å²) >= 11 is 0. The van der Waals surface area contributed by atoms with Crippen LogP contribution in [0.2, 0.25) is 0 Å². The summed E-state index contributed by atoms with van der Waals surface area (Å²) < 4.78 is 14.9. The predicted molar refractivity (Wildman–Crippen MR) is 100 cm³/mol. The van der Waals surface area contributed by atoms with Crippen molar-refractivity contribution in [2.45, 2.75) is 25.4 Å². The van der Waals surface area contributed by atoms with Crippen molar-refractivity contribution < 1.29 is 4.39 Å². The van der Waals surface area contributed by atoms with Crippen LogP contribution in [0.25, 0.3) is 11.3 Å². The van der Waals surface area contributed by atoms with E-state index in [0.29, 0.717) is 0 Å². The van der Waals surface area contributed by atoms with Crippen LogP contribution < -0.4 is 5.69 Å². The number of nitrogens with zero attached hydrogens (tertiary/aromatic N) is 2. The summed E-state index contributed by atoms with van der Waals surface area (Å²) in [6, 6.07) is 16.9. The largest absolute Gasteiger partial charge is 0.326 e. The summed E-state index contributed by atoms with van der Waals surface area (Å²) in [5.74, 6) is -0.277. The first-order chi connectivity index (χ1) is 12.7. The molecule has 0 amide bonds. The maximum absolute atomic E-state index is 13.1. The molecule has 1 aliphatic rings. The summed E-state index contributed by atoms with van der Waals surface area (Å²) in [5, 5.41) is 0. The normalized spacial score (nSPS) is 16.0. The van der Waals surface area contributed by atoms with Crippen LogP contribution in [-0.4, -0.2) is 27.5 Å². The zero-order chi connectivity index (χ0) is 17.9. The Bertz CT molecular complexity index is 906. The number of hydrogen-bond donors (Lipinski definition) is 1. The van der Waals surface area contributed by atoms with E-state index < -0.39 is 0 Å². The Kier molecular flexibility index (Phi) is 4.71. The van der Waals surface area contributed by atoms with Gasteiger partial charge in [-0.15, -0.1) is 0 Å². The highest BCUT2D eigenvalue weighted by Gasteiger charge is 2.22. The zero-order valence-electron chi connectivity index (χ0n) is 14.6. The van der Waals surface area contributed by atoms with Gasteiger partial charge in [0.2, 0.25) is 0 Å². The molecule has 1 saturated heterocycles. The van der Waals surface area contributed by atoms with E-state index in [1.54, 1.807) is 16.7 Å². The Morgan fingerprint density at radius 1 is 1.00 bits per heavy atom. The predicted octanol–water partition coefficient (Wildman–Crippen LogP) is 3.82. The average molecular weight is 351 g/mol. The van der Waals surface area contributed by atoms with E-state index in [4.69, 9.17) is 0 Å². The van der Waals surface area contributed by atoms with Crippen molar-refractivity contribution >= 4 is 0 Å². The molecular formula is C21H22FN3O. The van der Waals surface area contributed by atoms with Crippen LogP contribution in [0.3, 0.4) is 0 Å². The minimum Gasteiger partial charge on any atom is -0.306 e. The Balaban J connectivity index is 1.43. The van der Waals surface area contributed by atoms with Gasteiger partial charge in [0, 0.05) is 31.9 Å². The van der Waals surface area contributed by atoms with E-state index in [1.165, 1.54) is 17.7 Å². The summed E-state index contributed by atoms with van der Waals surface area (Å²) in [7, 11) is 0. The molecule has 2 aromatic carbocycles. The number of imidazole rings is 1. The van der Waals surface area contributed by atoms with Crippen molar-refractivity contribution in [3.05, 3.63) is 82.7 Å². The quantitative estimate of drug-likeness (QED) is 0.776. The lowest BCUT2D eigenvalue weighted by atomic mass is 10.0. The molecule has 0 radical (unpaired) electrons. The van der Waals surface area contributed by atoms with Crippen LogP contribution >= 0.6 is 0 Å². The van der Waals surface area contributed by atoms with Gasteiger partial charge in [-0.2, -0.15) is 0 Å². The third-order valence-corrected chi connectivity index (χ3v) is 5.10. The lowest BCUT2D eigenvalue weighted by molar-refractivity contribution is 0.178. The van der Waals surface area contributed by atoms with Gasteiger partial charge in [0.15, 0.2) is 0 Å². The number of benzene rings is 2. The van der Waals surface area contributed by atoms with E-state index in [2.05, 4.69) is 34.1 Å². The highest BCUT2D eigenvalue weighted by molar-refractivity contribution is 5.57. The first-order valence-corrected chi connectivity index (χ1v) is 9.02. The fraction of sp³-hybridized carbons (Fsp3) is 0.286. The molecule has 0 saturated carbocycles. The third kappa shape index (κ3) is 3.63. The van der Waals surface area contributed by atoms with Crippen molar-refractivity contribution in [1.82, 2.24) is 14.5 Å². The molecule has 0 aliphatic carbocycles. The number of H-pyrrole nitrogens is 1. The number of nitrogens with one attached hydrogen (secondary N) is 1. The van der Waals surface area contributed by atoms with Crippen molar-refractivity contribution in [3.63, 3.8) is 0 Å². The summed E-state index contributed by atoms with van der Waals surface area (Å²) in [5.41, 5.74) is 2.79. The molecule has 0 bridgehead atoms. The molecule has 1 N–H and O–H groups in total. The molecule has 134 valence electrons. The number of aromatic nitrogens is 2. The topological polar surface area (TPSA) is 41.0 Å². The molecule has 4 nitrogen and oxygen atoms in total. The summed E-state index contributed by atoms with van der Waals surface area (Å²) in [4.78, 5) is 17.7. The van der Waals surface area contributed by atoms with E-state index in [-0.39, 0.29) is 17.5 Å². The molecule has 5 heteroatoms. The smallest absolute Gasteiger partial charge is 0.306 e.